The average molecular weight is 304 g/mol. The van der Waals surface area contributed by atoms with Crippen LogP contribution in [0.25, 0.3) is 5.03 Å². The first-order valence-electron chi connectivity index (χ1n) is 4.82. The molecule has 0 amide bonds. The summed E-state index contributed by atoms with van der Waals surface area (Å²) in [5, 5.41) is 0.649. The summed E-state index contributed by atoms with van der Waals surface area (Å²) < 4.78 is 5.55. The first-order chi connectivity index (χ1) is 7.63. The van der Waals surface area contributed by atoms with Crippen LogP contribution in [-0.2, 0) is 9.53 Å². The molecule has 86 valence electrons. The Kier molecular flexibility index (Phi) is 5.56. The van der Waals surface area contributed by atoms with Crippen LogP contribution in [0.15, 0.2) is 34.8 Å². The molecule has 1 aromatic carbocycles. The summed E-state index contributed by atoms with van der Waals surface area (Å²) in [6.07, 6.45) is 2.76. The van der Waals surface area contributed by atoms with Crippen molar-refractivity contribution in [1.29, 1.82) is 0 Å². The molecule has 2 nitrogen and oxygen atoms in total. The van der Waals surface area contributed by atoms with Crippen molar-refractivity contribution in [2.75, 3.05) is 7.11 Å². The van der Waals surface area contributed by atoms with E-state index >= 15 is 0 Å². The highest BCUT2D eigenvalue weighted by Gasteiger charge is 2.00. The summed E-state index contributed by atoms with van der Waals surface area (Å²) >= 11 is 9.43. The average Bonchev–Trinajstić information content (AvgIpc) is 2.29. The summed E-state index contributed by atoms with van der Waals surface area (Å²) in [5.74, 6) is -0.225. The van der Waals surface area contributed by atoms with Gasteiger partial charge in [0.15, 0.2) is 0 Å². The molecule has 0 aliphatic heterocycles. The molecule has 16 heavy (non-hydrogen) atoms. The molecular formula is C12H12BrClO2. The Bertz CT molecular complexity index is 385. The number of hydrogen-bond donors (Lipinski definition) is 0. The fourth-order valence-electron chi connectivity index (χ4n) is 1.15. The Morgan fingerprint density at radius 1 is 1.44 bits per heavy atom. The van der Waals surface area contributed by atoms with E-state index in [1.165, 1.54) is 7.11 Å². The number of esters is 1. The van der Waals surface area contributed by atoms with Gasteiger partial charge < -0.3 is 4.74 Å². The number of allylic oxidation sites excluding steroid dienone is 1. The lowest BCUT2D eigenvalue weighted by atomic mass is 10.2. The van der Waals surface area contributed by atoms with E-state index in [-0.39, 0.29) is 5.97 Å². The first kappa shape index (κ1) is 13.3. The monoisotopic (exact) mass is 302 g/mol. The standard InChI is InChI=1S/C12H12BrClO2/c1-16-12(15)4-2-3-11(14)9-5-7-10(13)8-6-9/h3,5-8H,2,4H2,1H3/b11-3-. The second kappa shape index (κ2) is 6.71. The van der Waals surface area contributed by atoms with Gasteiger partial charge in [-0.3, -0.25) is 4.79 Å². The molecule has 0 aliphatic rings. The van der Waals surface area contributed by atoms with E-state index in [1.54, 1.807) is 0 Å². The third kappa shape index (κ3) is 4.37. The van der Waals surface area contributed by atoms with E-state index in [0.29, 0.717) is 17.9 Å². The van der Waals surface area contributed by atoms with Crippen molar-refractivity contribution in [3.63, 3.8) is 0 Å². The first-order valence-corrected chi connectivity index (χ1v) is 5.99. The molecule has 0 bridgehead atoms. The highest BCUT2D eigenvalue weighted by Crippen LogP contribution is 2.21. The minimum absolute atomic E-state index is 0.225. The van der Waals surface area contributed by atoms with Crippen molar-refractivity contribution >= 4 is 38.5 Å². The van der Waals surface area contributed by atoms with Gasteiger partial charge in [-0.25, -0.2) is 0 Å². The van der Waals surface area contributed by atoms with E-state index in [9.17, 15) is 4.79 Å². The van der Waals surface area contributed by atoms with E-state index in [2.05, 4.69) is 20.7 Å². The Hall–Kier alpha value is -0.800. The zero-order valence-electron chi connectivity index (χ0n) is 8.87. The summed E-state index contributed by atoms with van der Waals surface area (Å²) in [6, 6.07) is 7.68. The maximum absolute atomic E-state index is 10.9. The Morgan fingerprint density at radius 3 is 2.62 bits per heavy atom. The van der Waals surface area contributed by atoms with Crippen molar-refractivity contribution in [3.05, 3.63) is 40.4 Å². The van der Waals surface area contributed by atoms with Gasteiger partial charge >= 0.3 is 5.97 Å². The molecule has 0 saturated heterocycles. The Labute approximate surface area is 108 Å². The van der Waals surface area contributed by atoms with Gasteiger partial charge in [0.25, 0.3) is 0 Å². The van der Waals surface area contributed by atoms with Crippen LogP contribution in [-0.4, -0.2) is 13.1 Å². The van der Waals surface area contributed by atoms with Crippen LogP contribution >= 0.6 is 27.5 Å². The molecule has 1 rings (SSSR count). The molecular weight excluding hydrogens is 291 g/mol. The van der Waals surface area contributed by atoms with Gasteiger partial charge in [-0.1, -0.05) is 45.7 Å². The van der Waals surface area contributed by atoms with E-state index in [1.807, 2.05) is 30.3 Å². The molecule has 0 heterocycles. The topological polar surface area (TPSA) is 26.3 Å². The predicted octanol–water partition coefficient (Wildman–Crippen LogP) is 3.98. The lowest BCUT2D eigenvalue weighted by molar-refractivity contribution is -0.140. The molecule has 0 aromatic heterocycles. The van der Waals surface area contributed by atoms with Crippen molar-refractivity contribution in [2.24, 2.45) is 0 Å². The van der Waals surface area contributed by atoms with Crippen LogP contribution in [0.4, 0.5) is 0 Å². The molecule has 0 spiro atoms. The van der Waals surface area contributed by atoms with Crippen molar-refractivity contribution in [3.8, 4) is 0 Å². The van der Waals surface area contributed by atoms with Gasteiger partial charge in [0.05, 0.1) is 7.11 Å². The van der Waals surface area contributed by atoms with E-state index < -0.39 is 0 Å². The third-order valence-corrected chi connectivity index (χ3v) is 2.92. The largest absolute Gasteiger partial charge is 0.469 e. The van der Waals surface area contributed by atoms with E-state index in [4.69, 9.17) is 11.6 Å². The SMILES string of the molecule is COC(=O)CC/C=C(\Cl)c1ccc(Br)cc1. The van der Waals surface area contributed by atoms with Gasteiger partial charge in [-0.05, 0) is 24.1 Å². The van der Waals surface area contributed by atoms with Crippen LogP contribution in [0, 0.1) is 0 Å². The van der Waals surface area contributed by atoms with Gasteiger partial charge in [-0.15, -0.1) is 0 Å². The number of carbonyl (C=O) groups is 1. The van der Waals surface area contributed by atoms with Crippen LogP contribution in [0.5, 0.6) is 0 Å². The highest BCUT2D eigenvalue weighted by molar-refractivity contribution is 9.10. The normalized spacial score (nSPS) is 11.3. The minimum atomic E-state index is -0.225. The summed E-state index contributed by atoms with van der Waals surface area (Å²) in [4.78, 5) is 10.9. The molecule has 0 atom stereocenters. The van der Waals surface area contributed by atoms with Crippen LogP contribution in [0.3, 0.4) is 0 Å². The van der Waals surface area contributed by atoms with Gasteiger partial charge in [-0.2, -0.15) is 0 Å². The van der Waals surface area contributed by atoms with Gasteiger partial charge in [0, 0.05) is 15.9 Å². The predicted molar refractivity (Wildman–Crippen MR) is 69.2 cm³/mol. The molecule has 1 aromatic rings. The number of halogens is 2. The highest BCUT2D eigenvalue weighted by atomic mass is 79.9. The number of ether oxygens (including phenoxy) is 1. The van der Waals surface area contributed by atoms with Crippen LogP contribution in [0.1, 0.15) is 18.4 Å². The lowest BCUT2D eigenvalue weighted by Crippen LogP contribution is -1.98. The number of benzene rings is 1. The molecule has 4 heteroatoms. The fraction of sp³-hybridized carbons (Fsp3) is 0.250. The van der Waals surface area contributed by atoms with E-state index in [0.717, 1.165) is 10.0 Å². The van der Waals surface area contributed by atoms with Crippen molar-refractivity contribution in [1.82, 2.24) is 0 Å². The molecule has 0 N–H and O–H groups in total. The van der Waals surface area contributed by atoms with Crippen LogP contribution in [0.2, 0.25) is 0 Å². The zero-order chi connectivity index (χ0) is 12.0. The maximum atomic E-state index is 10.9. The molecule has 0 aliphatic carbocycles. The maximum Gasteiger partial charge on any atom is 0.305 e. The molecule has 0 unspecified atom stereocenters. The minimum Gasteiger partial charge on any atom is -0.469 e. The summed E-state index contributed by atoms with van der Waals surface area (Å²) in [6.45, 7) is 0. The second-order valence-electron chi connectivity index (χ2n) is 3.17. The quantitative estimate of drug-likeness (QED) is 0.786. The number of methoxy groups -OCH3 is 1. The molecule has 0 saturated carbocycles. The van der Waals surface area contributed by atoms with Gasteiger partial charge in [0.1, 0.15) is 0 Å². The zero-order valence-corrected chi connectivity index (χ0v) is 11.2. The second-order valence-corrected chi connectivity index (χ2v) is 4.50. The summed E-state index contributed by atoms with van der Waals surface area (Å²) in [7, 11) is 1.38. The Morgan fingerprint density at radius 2 is 2.06 bits per heavy atom. The lowest BCUT2D eigenvalue weighted by Gasteiger charge is -2.00. The molecule has 0 radical (unpaired) electrons. The number of rotatable bonds is 4. The Balaban J connectivity index is 2.56. The molecule has 0 fully saturated rings. The van der Waals surface area contributed by atoms with Crippen molar-refractivity contribution < 1.29 is 9.53 Å². The number of carbonyl (C=O) groups excluding carboxylic acids is 1. The van der Waals surface area contributed by atoms with Crippen LogP contribution < -0.4 is 0 Å². The third-order valence-electron chi connectivity index (χ3n) is 2.02. The fourth-order valence-corrected chi connectivity index (χ4v) is 1.65. The summed E-state index contributed by atoms with van der Waals surface area (Å²) in [5.41, 5.74) is 0.940. The van der Waals surface area contributed by atoms with Crippen molar-refractivity contribution in [2.45, 2.75) is 12.8 Å². The van der Waals surface area contributed by atoms with Gasteiger partial charge in [0.2, 0.25) is 0 Å². The number of hydrogen-bond acceptors (Lipinski definition) is 2. The smallest absolute Gasteiger partial charge is 0.305 e.